The third-order valence-corrected chi connectivity index (χ3v) is 3.47. The quantitative estimate of drug-likeness (QED) is 0.794. The van der Waals surface area contributed by atoms with Gasteiger partial charge in [-0.05, 0) is 47.0 Å². The number of thiophene rings is 1. The van der Waals surface area contributed by atoms with Crippen LogP contribution in [0.5, 0.6) is 0 Å². The Bertz CT molecular complexity index is 644. The van der Waals surface area contributed by atoms with Crippen LogP contribution in [0.2, 0.25) is 0 Å². The van der Waals surface area contributed by atoms with Crippen molar-refractivity contribution in [2.24, 2.45) is 0 Å². The van der Waals surface area contributed by atoms with Crippen molar-refractivity contribution in [3.05, 3.63) is 52.0 Å². The van der Waals surface area contributed by atoms with Crippen LogP contribution in [0.15, 0.2) is 35.0 Å². The lowest BCUT2D eigenvalue weighted by Crippen LogP contribution is -2.31. The van der Waals surface area contributed by atoms with Gasteiger partial charge in [-0.15, -0.1) is 0 Å². The SMILES string of the molecule is O=C(NCCc1ccsc1)Nc1ccc(F)cc1C(=O)O. The zero-order valence-corrected chi connectivity index (χ0v) is 11.7. The van der Waals surface area contributed by atoms with Gasteiger partial charge in [-0.2, -0.15) is 11.3 Å². The molecule has 7 heteroatoms. The highest BCUT2D eigenvalue weighted by molar-refractivity contribution is 7.07. The summed E-state index contributed by atoms with van der Waals surface area (Å²) in [6.45, 7) is 0.423. The Hall–Kier alpha value is -2.41. The molecule has 1 heterocycles. The van der Waals surface area contributed by atoms with Crippen molar-refractivity contribution in [1.29, 1.82) is 0 Å². The molecule has 2 rings (SSSR count). The van der Waals surface area contributed by atoms with Crippen LogP contribution in [-0.2, 0) is 6.42 Å². The van der Waals surface area contributed by atoms with E-state index in [4.69, 9.17) is 5.11 Å². The monoisotopic (exact) mass is 308 g/mol. The van der Waals surface area contributed by atoms with Crippen molar-refractivity contribution in [2.45, 2.75) is 6.42 Å². The van der Waals surface area contributed by atoms with E-state index in [2.05, 4.69) is 10.6 Å². The second kappa shape index (κ2) is 6.85. The molecule has 110 valence electrons. The third-order valence-electron chi connectivity index (χ3n) is 2.74. The Morgan fingerprint density at radius 2 is 2.10 bits per heavy atom. The van der Waals surface area contributed by atoms with Crippen LogP contribution < -0.4 is 10.6 Å². The molecular formula is C14H13FN2O3S. The van der Waals surface area contributed by atoms with E-state index in [9.17, 15) is 14.0 Å². The third kappa shape index (κ3) is 4.28. The Kier molecular flexibility index (Phi) is 4.89. The fraction of sp³-hybridized carbons (Fsp3) is 0.143. The minimum absolute atomic E-state index is 0.0527. The fourth-order valence-corrected chi connectivity index (χ4v) is 2.43. The van der Waals surface area contributed by atoms with Gasteiger partial charge in [-0.1, -0.05) is 0 Å². The van der Waals surface area contributed by atoms with Gasteiger partial charge >= 0.3 is 12.0 Å². The van der Waals surface area contributed by atoms with Gasteiger partial charge in [0.25, 0.3) is 0 Å². The standard InChI is InChI=1S/C14H13FN2O3S/c15-10-1-2-12(11(7-10)13(18)19)17-14(20)16-5-3-9-4-6-21-8-9/h1-2,4,6-8H,3,5H2,(H,18,19)(H2,16,17,20). The average Bonchev–Trinajstić information content (AvgIpc) is 2.94. The molecule has 2 aromatic rings. The molecule has 1 aromatic heterocycles. The number of urea groups is 1. The molecule has 3 N–H and O–H groups in total. The molecule has 0 aliphatic carbocycles. The average molecular weight is 308 g/mol. The maximum absolute atomic E-state index is 13.0. The molecule has 0 saturated carbocycles. The van der Waals surface area contributed by atoms with Gasteiger partial charge in [0, 0.05) is 6.54 Å². The molecule has 21 heavy (non-hydrogen) atoms. The second-order valence-electron chi connectivity index (χ2n) is 4.26. The normalized spacial score (nSPS) is 10.1. The van der Waals surface area contributed by atoms with Gasteiger partial charge < -0.3 is 15.7 Å². The number of nitrogens with one attached hydrogen (secondary N) is 2. The molecule has 0 spiro atoms. The van der Waals surface area contributed by atoms with Crippen LogP contribution in [0.3, 0.4) is 0 Å². The number of anilines is 1. The van der Waals surface area contributed by atoms with E-state index in [0.29, 0.717) is 13.0 Å². The molecule has 0 radical (unpaired) electrons. The highest BCUT2D eigenvalue weighted by Gasteiger charge is 2.13. The zero-order chi connectivity index (χ0) is 15.2. The van der Waals surface area contributed by atoms with Gasteiger partial charge in [-0.25, -0.2) is 14.0 Å². The van der Waals surface area contributed by atoms with Crippen molar-refractivity contribution < 1.29 is 19.1 Å². The smallest absolute Gasteiger partial charge is 0.337 e. The van der Waals surface area contributed by atoms with Crippen LogP contribution in [0.1, 0.15) is 15.9 Å². The number of hydrogen-bond donors (Lipinski definition) is 3. The lowest BCUT2D eigenvalue weighted by atomic mass is 10.1. The molecule has 0 atom stereocenters. The van der Waals surface area contributed by atoms with Crippen molar-refractivity contribution >= 4 is 29.0 Å². The highest BCUT2D eigenvalue weighted by atomic mass is 32.1. The number of carboxylic acid groups (broad SMARTS) is 1. The molecular weight excluding hydrogens is 295 g/mol. The van der Waals surface area contributed by atoms with E-state index in [-0.39, 0.29) is 11.3 Å². The first-order chi connectivity index (χ1) is 10.1. The predicted octanol–water partition coefficient (Wildman–Crippen LogP) is 2.95. The Morgan fingerprint density at radius 1 is 1.29 bits per heavy atom. The van der Waals surface area contributed by atoms with E-state index in [1.54, 1.807) is 11.3 Å². The van der Waals surface area contributed by atoms with E-state index in [0.717, 1.165) is 17.7 Å². The van der Waals surface area contributed by atoms with Crippen molar-refractivity contribution in [2.75, 3.05) is 11.9 Å². The Labute approximate surface area is 124 Å². The largest absolute Gasteiger partial charge is 0.478 e. The summed E-state index contributed by atoms with van der Waals surface area (Å²) in [4.78, 5) is 22.7. The highest BCUT2D eigenvalue weighted by Crippen LogP contribution is 2.17. The number of amides is 2. The zero-order valence-electron chi connectivity index (χ0n) is 10.9. The van der Waals surface area contributed by atoms with Crippen molar-refractivity contribution in [3.63, 3.8) is 0 Å². The number of halogens is 1. The topological polar surface area (TPSA) is 78.4 Å². The number of carbonyl (C=O) groups excluding carboxylic acids is 1. The summed E-state index contributed by atoms with van der Waals surface area (Å²) in [6, 6.07) is 4.61. The number of benzene rings is 1. The van der Waals surface area contributed by atoms with E-state index in [1.807, 2.05) is 16.8 Å². The first-order valence-electron chi connectivity index (χ1n) is 6.15. The van der Waals surface area contributed by atoms with Gasteiger partial charge in [0.15, 0.2) is 0 Å². The van der Waals surface area contributed by atoms with Crippen LogP contribution >= 0.6 is 11.3 Å². The number of carbonyl (C=O) groups is 2. The predicted molar refractivity (Wildman–Crippen MR) is 78.4 cm³/mol. The first-order valence-corrected chi connectivity index (χ1v) is 7.09. The van der Waals surface area contributed by atoms with Gasteiger partial charge in [0.2, 0.25) is 0 Å². The maximum atomic E-state index is 13.0. The maximum Gasteiger partial charge on any atom is 0.337 e. The summed E-state index contributed by atoms with van der Waals surface area (Å²) in [5.41, 5.74) is 0.883. The number of carboxylic acids is 1. The summed E-state index contributed by atoms with van der Waals surface area (Å²) >= 11 is 1.58. The Morgan fingerprint density at radius 3 is 2.76 bits per heavy atom. The van der Waals surface area contributed by atoms with Gasteiger partial charge in [0.1, 0.15) is 5.82 Å². The summed E-state index contributed by atoms with van der Waals surface area (Å²) in [7, 11) is 0. The number of aromatic carboxylic acids is 1. The molecule has 0 aliphatic heterocycles. The van der Waals surface area contributed by atoms with Crippen molar-refractivity contribution in [1.82, 2.24) is 5.32 Å². The summed E-state index contributed by atoms with van der Waals surface area (Å²) in [6.07, 6.45) is 0.687. The van der Waals surface area contributed by atoms with Crippen LogP contribution in [-0.4, -0.2) is 23.7 Å². The lowest BCUT2D eigenvalue weighted by molar-refractivity contribution is 0.0697. The van der Waals surface area contributed by atoms with Gasteiger partial charge in [0.05, 0.1) is 11.3 Å². The first kappa shape index (κ1) is 15.0. The number of hydrogen-bond acceptors (Lipinski definition) is 3. The summed E-state index contributed by atoms with van der Waals surface area (Å²) < 4.78 is 13.0. The minimum atomic E-state index is -1.30. The molecule has 0 bridgehead atoms. The summed E-state index contributed by atoms with van der Waals surface area (Å²) in [5, 5.41) is 17.9. The van der Waals surface area contributed by atoms with E-state index in [1.165, 1.54) is 6.07 Å². The van der Waals surface area contributed by atoms with E-state index < -0.39 is 17.8 Å². The Balaban J connectivity index is 1.92. The fourth-order valence-electron chi connectivity index (χ4n) is 1.72. The van der Waals surface area contributed by atoms with Crippen LogP contribution in [0.25, 0.3) is 0 Å². The molecule has 0 unspecified atom stereocenters. The summed E-state index contributed by atoms with van der Waals surface area (Å²) in [5.74, 6) is -1.97. The second-order valence-corrected chi connectivity index (χ2v) is 5.04. The van der Waals surface area contributed by atoms with E-state index >= 15 is 0 Å². The molecule has 0 aliphatic rings. The molecule has 2 amide bonds. The minimum Gasteiger partial charge on any atom is -0.478 e. The van der Waals surface area contributed by atoms with Crippen molar-refractivity contribution in [3.8, 4) is 0 Å². The van der Waals surface area contributed by atoms with Gasteiger partial charge in [-0.3, -0.25) is 0 Å². The molecule has 1 aromatic carbocycles. The molecule has 0 fully saturated rings. The van der Waals surface area contributed by atoms with Crippen LogP contribution in [0, 0.1) is 5.82 Å². The molecule has 5 nitrogen and oxygen atoms in total. The van der Waals surface area contributed by atoms with Crippen LogP contribution in [0.4, 0.5) is 14.9 Å². The number of rotatable bonds is 5. The lowest BCUT2D eigenvalue weighted by Gasteiger charge is -2.09. The molecule has 0 saturated heterocycles.